The van der Waals surface area contributed by atoms with Crippen LogP contribution >= 0.6 is 0 Å². The highest BCUT2D eigenvalue weighted by molar-refractivity contribution is 5.98. The molecule has 0 bridgehead atoms. The summed E-state index contributed by atoms with van der Waals surface area (Å²) in [6.07, 6.45) is 17.8. The lowest BCUT2D eigenvalue weighted by Crippen LogP contribution is -3.00. The molecule has 4 nitrogen and oxygen atoms in total. The largest absolute Gasteiger partial charge is 1.00 e. The second kappa shape index (κ2) is 14.2. The molecule has 5 heteroatoms. The Morgan fingerprint density at radius 3 is 2.03 bits per heavy atom. The van der Waals surface area contributed by atoms with E-state index in [9.17, 15) is 5.11 Å². The van der Waals surface area contributed by atoms with Crippen molar-refractivity contribution in [1.29, 1.82) is 5.26 Å². The first-order valence-electron chi connectivity index (χ1n) is 12.2. The summed E-state index contributed by atoms with van der Waals surface area (Å²) in [4.78, 5) is 2.18. The van der Waals surface area contributed by atoms with Crippen LogP contribution in [0.1, 0.15) is 111 Å². The van der Waals surface area contributed by atoms with E-state index in [1.807, 2.05) is 0 Å². The summed E-state index contributed by atoms with van der Waals surface area (Å²) < 4.78 is 2.14. The number of nitrogens with zero attached hydrogens (tertiary/aromatic N) is 3. The van der Waals surface area contributed by atoms with E-state index in [1.54, 1.807) is 0 Å². The molecule has 30 heavy (non-hydrogen) atoms. The molecule has 1 unspecified atom stereocenters. The number of unbranched alkanes of at least 4 members (excludes halogenated alkanes) is 11. The van der Waals surface area contributed by atoms with E-state index < -0.39 is 5.72 Å². The predicted octanol–water partition coefficient (Wildman–Crippen LogP) is 2.76. The average molecular weight is 483 g/mol. The molecule has 2 rings (SSSR count). The highest BCUT2D eigenvalue weighted by atomic mass is 79.9. The molecule has 0 saturated carbocycles. The van der Waals surface area contributed by atoms with Gasteiger partial charge in [0.15, 0.2) is 6.54 Å². The van der Waals surface area contributed by atoms with Gasteiger partial charge in [-0.1, -0.05) is 77.6 Å². The molecule has 0 fully saturated rings. The second-order valence-electron chi connectivity index (χ2n) is 9.11. The van der Waals surface area contributed by atoms with Crippen molar-refractivity contribution in [2.75, 3.05) is 19.6 Å². The predicted molar refractivity (Wildman–Crippen MR) is 121 cm³/mol. The monoisotopic (exact) mass is 481 g/mol. The molecule has 0 amide bonds. The summed E-state index contributed by atoms with van der Waals surface area (Å²) >= 11 is 0. The molecule has 2 aliphatic heterocycles. The zero-order chi connectivity index (χ0) is 21.1. The summed E-state index contributed by atoms with van der Waals surface area (Å²) in [5.41, 5.74) is 1.41. The Labute approximate surface area is 195 Å². The number of hydrogen-bond donors (Lipinski definition) is 1. The van der Waals surface area contributed by atoms with Crippen LogP contribution in [0.5, 0.6) is 0 Å². The molecule has 2 heterocycles. The number of fused-ring (bicyclic) bond motifs is 1. The summed E-state index contributed by atoms with van der Waals surface area (Å²) in [5, 5.41) is 20.7. The van der Waals surface area contributed by atoms with Crippen molar-refractivity contribution in [2.24, 2.45) is 0 Å². The number of aliphatic hydroxyl groups is 1. The Morgan fingerprint density at radius 1 is 0.967 bits per heavy atom. The maximum absolute atomic E-state index is 11.5. The first-order valence-corrected chi connectivity index (χ1v) is 12.2. The molecule has 0 radical (unpaired) electrons. The van der Waals surface area contributed by atoms with Crippen LogP contribution in [0.3, 0.4) is 0 Å². The molecule has 0 aromatic carbocycles. The maximum atomic E-state index is 11.5. The van der Waals surface area contributed by atoms with Gasteiger partial charge < -0.3 is 22.1 Å². The zero-order valence-electron chi connectivity index (χ0n) is 19.7. The van der Waals surface area contributed by atoms with E-state index >= 15 is 0 Å². The molecule has 172 valence electrons. The van der Waals surface area contributed by atoms with Crippen LogP contribution < -0.4 is 17.0 Å². The lowest BCUT2D eigenvalue weighted by atomic mass is 9.96. The van der Waals surface area contributed by atoms with E-state index in [-0.39, 0.29) is 17.0 Å². The van der Waals surface area contributed by atoms with E-state index in [0.717, 1.165) is 43.8 Å². The lowest BCUT2D eigenvalue weighted by molar-refractivity contribution is -0.527. The van der Waals surface area contributed by atoms with Crippen LogP contribution in [-0.4, -0.2) is 45.8 Å². The minimum atomic E-state index is -0.841. The summed E-state index contributed by atoms with van der Waals surface area (Å²) in [5.74, 6) is 1.09. The fourth-order valence-electron chi connectivity index (χ4n) is 5.05. The molecule has 0 spiro atoms. The highest BCUT2D eigenvalue weighted by Gasteiger charge is 2.53. The van der Waals surface area contributed by atoms with Gasteiger partial charge in [-0.15, -0.1) is 0 Å². The van der Waals surface area contributed by atoms with Gasteiger partial charge in [0.2, 0.25) is 5.72 Å². The van der Waals surface area contributed by atoms with E-state index in [1.165, 1.54) is 76.2 Å². The summed E-state index contributed by atoms with van der Waals surface area (Å²) in [6, 6.07) is 2.28. The number of nitriles is 1. The molecular formula is C25H44BrN3O. The fourth-order valence-corrected chi connectivity index (χ4v) is 5.05. The van der Waals surface area contributed by atoms with Gasteiger partial charge >= 0.3 is 0 Å². The van der Waals surface area contributed by atoms with Gasteiger partial charge in [-0.3, -0.25) is 0 Å². The van der Waals surface area contributed by atoms with E-state index in [2.05, 4.69) is 36.3 Å². The average Bonchev–Trinajstić information content (AvgIpc) is 2.91. The molecule has 0 aromatic heterocycles. The number of halogens is 1. The Balaban J connectivity index is 0.00000450. The SMILES string of the molecule is CCCCCCCCCCCCCCC1(O)C(C)=C(C)C2=[N+](CC#N)CCCN21.[Br-]. The molecule has 1 N–H and O–H groups in total. The topological polar surface area (TPSA) is 50.3 Å². The Kier molecular flexibility index (Phi) is 12.9. The fraction of sp³-hybridized carbons (Fsp3) is 0.840. The van der Waals surface area contributed by atoms with Crippen LogP contribution in [0, 0.1) is 11.3 Å². The van der Waals surface area contributed by atoms with Crippen molar-refractivity contribution in [3.8, 4) is 6.07 Å². The van der Waals surface area contributed by atoms with Crippen LogP contribution in [0.4, 0.5) is 0 Å². The molecule has 0 saturated heterocycles. The number of hydrogen-bond acceptors (Lipinski definition) is 3. The van der Waals surface area contributed by atoms with Crippen LogP contribution in [0.2, 0.25) is 0 Å². The number of amidine groups is 1. The lowest BCUT2D eigenvalue weighted by Gasteiger charge is -2.33. The van der Waals surface area contributed by atoms with Crippen molar-refractivity contribution in [3.05, 3.63) is 11.1 Å². The second-order valence-corrected chi connectivity index (χ2v) is 9.11. The van der Waals surface area contributed by atoms with Gasteiger partial charge in [-0.2, -0.15) is 5.26 Å². The van der Waals surface area contributed by atoms with Gasteiger partial charge in [-0.05, 0) is 20.3 Å². The zero-order valence-corrected chi connectivity index (χ0v) is 21.3. The van der Waals surface area contributed by atoms with Gasteiger partial charge in [0, 0.05) is 24.0 Å². The third kappa shape index (κ3) is 7.09. The Morgan fingerprint density at radius 2 is 1.50 bits per heavy atom. The standard InChI is InChI=1S/C25H44N3O.BrH/c1-4-5-6-7-8-9-10-11-12-13-14-15-17-25(29)23(3)22(2)24-27(21-18-26)19-16-20-28(24)25;/h29H,4-17,19-21H2,1-3H3;1H/q+1;/p-1. The minimum Gasteiger partial charge on any atom is -1.00 e. The highest BCUT2D eigenvalue weighted by Crippen LogP contribution is 2.39. The maximum Gasteiger partial charge on any atom is 0.278 e. The first-order chi connectivity index (χ1) is 14.1. The van der Waals surface area contributed by atoms with E-state index in [4.69, 9.17) is 5.26 Å². The van der Waals surface area contributed by atoms with Gasteiger partial charge in [0.1, 0.15) is 6.07 Å². The third-order valence-corrected chi connectivity index (χ3v) is 6.95. The summed E-state index contributed by atoms with van der Waals surface area (Å²) in [6.45, 7) is 8.67. The van der Waals surface area contributed by atoms with Crippen molar-refractivity contribution >= 4 is 5.84 Å². The molecule has 0 aromatic rings. The van der Waals surface area contributed by atoms with Gasteiger partial charge in [0.25, 0.3) is 5.84 Å². The van der Waals surface area contributed by atoms with Crippen LogP contribution in [-0.2, 0) is 0 Å². The number of rotatable bonds is 14. The third-order valence-electron chi connectivity index (χ3n) is 6.95. The van der Waals surface area contributed by atoms with Crippen molar-refractivity contribution in [2.45, 2.75) is 116 Å². The first kappa shape index (κ1) is 27.2. The van der Waals surface area contributed by atoms with Crippen molar-refractivity contribution in [1.82, 2.24) is 4.90 Å². The molecular weight excluding hydrogens is 438 g/mol. The van der Waals surface area contributed by atoms with Crippen LogP contribution in [0.25, 0.3) is 0 Å². The normalized spacial score (nSPS) is 21.0. The molecule has 2 aliphatic rings. The van der Waals surface area contributed by atoms with E-state index in [0.29, 0.717) is 6.54 Å². The Hall–Kier alpha value is -0.860. The molecule has 0 aliphatic carbocycles. The quantitative estimate of drug-likeness (QED) is 0.235. The summed E-state index contributed by atoms with van der Waals surface area (Å²) in [7, 11) is 0. The van der Waals surface area contributed by atoms with Gasteiger partial charge in [-0.25, -0.2) is 9.48 Å². The van der Waals surface area contributed by atoms with Crippen LogP contribution in [0.15, 0.2) is 11.1 Å². The minimum absolute atomic E-state index is 0. The van der Waals surface area contributed by atoms with Gasteiger partial charge in [0.05, 0.1) is 13.1 Å². The Bertz CT molecular complexity index is 622. The smallest absolute Gasteiger partial charge is 0.278 e. The molecule has 1 atom stereocenters. The van der Waals surface area contributed by atoms with Crippen molar-refractivity contribution < 1.29 is 26.7 Å². The van der Waals surface area contributed by atoms with Crippen molar-refractivity contribution in [3.63, 3.8) is 0 Å².